The summed E-state index contributed by atoms with van der Waals surface area (Å²) in [6, 6.07) is 0.439. The molecule has 0 saturated carbocycles. The molecule has 3 atom stereocenters. The number of nitrogens with one attached hydrogen (secondary N) is 1. The molecular formula is C15H33NO3. The normalized spacial score (nSPS) is 16.3. The molecule has 0 aliphatic rings. The van der Waals surface area contributed by atoms with E-state index in [1.807, 2.05) is 0 Å². The molecule has 19 heavy (non-hydrogen) atoms. The molecule has 3 N–H and O–H groups in total. The van der Waals surface area contributed by atoms with Gasteiger partial charge in [-0.1, -0.05) is 20.3 Å². The second kappa shape index (κ2) is 12.9. The van der Waals surface area contributed by atoms with Crippen molar-refractivity contribution in [3.63, 3.8) is 0 Å². The zero-order valence-electron chi connectivity index (χ0n) is 12.9. The Balaban J connectivity index is 3.40. The van der Waals surface area contributed by atoms with E-state index in [0.29, 0.717) is 25.8 Å². The highest BCUT2D eigenvalue weighted by Gasteiger charge is 2.09. The first-order valence-corrected chi connectivity index (χ1v) is 7.70. The lowest BCUT2D eigenvalue weighted by Crippen LogP contribution is -2.36. The first kappa shape index (κ1) is 18.8. The Kier molecular flexibility index (Phi) is 12.7. The van der Waals surface area contributed by atoms with Crippen molar-refractivity contribution in [2.24, 2.45) is 5.92 Å². The van der Waals surface area contributed by atoms with Gasteiger partial charge in [-0.25, -0.2) is 0 Å². The van der Waals surface area contributed by atoms with E-state index in [4.69, 9.17) is 9.84 Å². The summed E-state index contributed by atoms with van der Waals surface area (Å²) in [4.78, 5) is 0. The number of aliphatic hydroxyl groups is 2. The van der Waals surface area contributed by atoms with Gasteiger partial charge in [-0.2, -0.15) is 0 Å². The van der Waals surface area contributed by atoms with Crippen molar-refractivity contribution in [1.82, 2.24) is 5.32 Å². The lowest BCUT2D eigenvalue weighted by Gasteiger charge is -2.19. The minimum absolute atomic E-state index is 0.251. The molecule has 116 valence electrons. The van der Waals surface area contributed by atoms with Crippen LogP contribution in [0.2, 0.25) is 0 Å². The molecule has 0 saturated heterocycles. The van der Waals surface area contributed by atoms with Crippen molar-refractivity contribution >= 4 is 0 Å². The van der Waals surface area contributed by atoms with E-state index in [1.54, 1.807) is 0 Å². The van der Waals surface area contributed by atoms with Crippen LogP contribution in [0.3, 0.4) is 0 Å². The molecule has 0 bridgehead atoms. The molecule has 0 amide bonds. The summed E-state index contributed by atoms with van der Waals surface area (Å²) >= 11 is 0. The van der Waals surface area contributed by atoms with Crippen LogP contribution in [0.25, 0.3) is 0 Å². The van der Waals surface area contributed by atoms with E-state index in [-0.39, 0.29) is 6.61 Å². The van der Waals surface area contributed by atoms with Crippen LogP contribution >= 0.6 is 0 Å². The van der Waals surface area contributed by atoms with Crippen molar-refractivity contribution in [2.45, 2.75) is 65.0 Å². The van der Waals surface area contributed by atoms with E-state index < -0.39 is 6.10 Å². The highest BCUT2D eigenvalue weighted by atomic mass is 16.5. The van der Waals surface area contributed by atoms with Gasteiger partial charge in [-0.15, -0.1) is 0 Å². The van der Waals surface area contributed by atoms with Crippen LogP contribution in [0.15, 0.2) is 0 Å². The first-order valence-electron chi connectivity index (χ1n) is 7.70. The number of aliphatic hydroxyl groups excluding tert-OH is 2. The molecule has 0 aromatic carbocycles. The summed E-state index contributed by atoms with van der Waals surface area (Å²) in [6.07, 6.45) is 4.68. The van der Waals surface area contributed by atoms with Crippen LogP contribution in [0.4, 0.5) is 0 Å². The minimum Gasteiger partial charge on any atom is -0.396 e. The monoisotopic (exact) mass is 275 g/mol. The van der Waals surface area contributed by atoms with Crippen LogP contribution in [0, 0.1) is 5.92 Å². The molecule has 0 fully saturated rings. The molecule has 0 aliphatic heterocycles. The fourth-order valence-corrected chi connectivity index (χ4v) is 1.96. The summed E-state index contributed by atoms with van der Waals surface area (Å²) in [7, 11) is 0. The van der Waals surface area contributed by atoms with Crippen LogP contribution in [-0.4, -0.2) is 48.7 Å². The summed E-state index contributed by atoms with van der Waals surface area (Å²) < 4.78 is 5.40. The summed E-state index contributed by atoms with van der Waals surface area (Å²) in [5.41, 5.74) is 0. The fraction of sp³-hybridized carbons (Fsp3) is 1.00. The van der Waals surface area contributed by atoms with E-state index in [9.17, 15) is 5.11 Å². The van der Waals surface area contributed by atoms with Crippen LogP contribution < -0.4 is 5.32 Å². The molecular weight excluding hydrogens is 242 g/mol. The van der Waals surface area contributed by atoms with Gasteiger partial charge in [-0.3, -0.25) is 0 Å². The Morgan fingerprint density at radius 2 is 1.89 bits per heavy atom. The molecule has 0 radical (unpaired) electrons. The first-order chi connectivity index (χ1) is 9.10. The predicted octanol–water partition coefficient (Wildman–Crippen LogP) is 1.94. The maximum Gasteiger partial charge on any atom is 0.0897 e. The van der Waals surface area contributed by atoms with Gasteiger partial charge in [0, 0.05) is 25.8 Å². The quantitative estimate of drug-likeness (QED) is 0.450. The fourth-order valence-electron chi connectivity index (χ4n) is 1.96. The molecule has 0 rings (SSSR count). The SMILES string of the molecule is CCC(C)CC(C)NCC(O)COCCCCCO. The molecule has 0 aliphatic carbocycles. The summed E-state index contributed by atoms with van der Waals surface area (Å²) in [5, 5.41) is 21.7. The standard InChI is InChI=1S/C15H33NO3/c1-4-13(2)10-14(3)16-11-15(18)12-19-9-7-5-6-8-17/h13-18H,4-12H2,1-3H3. The third-order valence-electron chi connectivity index (χ3n) is 3.41. The maximum atomic E-state index is 9.76. The highest BCUT2D eigenvalue weighted by Crippen LogP contribution is 2.09. The third-order valence-corrected chi connectivity index (χ3v) is 3.41. The lowest BCUT2D eigenvalue weighted by atomic mass is 10.0. The topological polar surface area (TPSA) is 61.7 Å². The second-order valence-electron chi connectivity index (χ2n) is 5.57. The lowest BCUT2D eigenvalue weighted by molar-refractivity contribution is 0.0337. The van der Waals surface area contributed by atoms with Crippen molar-refractivity contribution in [1.29, 1.82) is 0 Å². The van der Waals surface area contributed by atoms with Gasteiger partial charge >= 0.3 is 0 Å². The van der Waals surface area contributed by atoms with E-state index in [2.05, 4.69) is 26.1 Å². The van der Waals surface area contributed by atoms with Gasteiger partial charge in [0.2, 0.25) is 0 Å². The van der Waals surface area contributed by atoms with E-state index in [1.165, 1.54) is 6.42 Å². The second-order valence-corrected chi connectivity index (χ2v) is 5.57. The van der Waals surface area contributed by atoms with Crippen LogP contribution in [0.5, 0.6) is 0 Å². The smallest absolute Gasteiger partial charge is 0.0897 e. The van der Waals surface area contributed by atoms with Gasteiger partial charge in [0.15, 0.2) is 0 Å². The molecule has 0 aromatic rings. The van der Waals surface area contributed by atoms with Gasteiger partial charge in [0.25, 0.3) is 0 Å². The zero-order chi connectivity index (χ0) is 14.5. The summed E-state index contributed by atoms with van der Waals surface area (Å²) in [6.45, 7) is 8.52. The third kappa shape index (κ3) is 12.6. The average Bonchev–Trinajstić information content (AvgIpc) is 2.40. The van der Waals surface area contributed by atoms with E-state index in [0.717, 1.165) is 31.6 Å². The molecule has 0 heterocycles. The zero-order valence-corrected chi connectivity index (χ0v) is 12.9. The van der Waals surface area contributed by atoms with Crippen molar-refractivity contribution in [3.05, 3.63) is 0 Å². The van der Waals surface area contributed by atoms with Gasteiger partial charge in [0.1, 0.15) is 0 Å². The number of hydrogen-bond donors (Lipinski definition) is 3. The Labute approximate surface area is 118 Å². The van der Waals surface area contributed by atoms with Crippen LogP contribution in [0.1, 0.15) is 52.9 Å². The molecule has 0 spiro atoms. The summed E-state index contributed by atoms with van der Waals surface area (Å²) in [5.74, 6) is 0.724. The predicted molar refractivity (Wildman–Crippen MR) is 79.3 cm³/mol. The van der Waals surface area contributed by atoms with Gasteiger partial charge in [-0.05, 0) is 38.5 Å². The van der Waals surface area contributed by atoms with Crippen molar-refractivity contribution < 1.29 is 14.9 Å². The molecule has 0 aromatic heterocycles. The number of hydrogen-bond acceptors (Lipinski definition) is 4. The number of unbranched alkanes of at least 4 members (excludes halogenated alkanes) is 2. The van der Waals surface area contributed by atoms with E-state index >= 15 is 0 Å². The Bertz CT molecular complexity index is 190. The van der Waals surface area contributed by atoms with Crippen LogP contribution in [-0.2, 0) is 4.74 Å². The Hall–Kier alpha value is -0.160. The maximum absolute atomic E-state index is 9.76. The Morgan fingerprint density at radius 3 is 2.53 bits per heavy atom. The number of rotatable bonds is 13. The Morgan fingerprint density at radius 1 is 1.16 bits per heavy atom. The number of ether oxygens (including phenoxy) is 1. The van der Waals surface area contributed by atoms with Crippen molar-refractivity contribution in [2.75, 3.05) is 26.4 Å². The molecule has 3 unspecified atom stereocenters. The largest absolute Gasteiger partial charge is 0.396 e. The molecule has 4 heteroatoms. The average molecular weight is 275 g/mol. The van der Waals surface area contributed by atoms with Gasteiger partial charge in [0.05, 0.1) is 12.7 Å². The minimum atomic E-state index is -0.433. The van der Waals surface area contributed by atoms with Gasteiger partial charge < -0.3 is 20.3 Å². The highest BCUT2D eigenvalue weighted by molar-refractivity contribution is 4.67. The molecule has 4 nitrogen and oxygen atoms in total. The van der Waals surface area contributed by atoms with Crippen molar-refractivity contribution in [3.8, 4) is 0 Å².